The summed E-state index contributed by atoms with van der Waals surface area (Å²) in [4.78, 5) is 15.0. The van der Waals surface area contributed by atoms with Gasteiger partial charge in [0.05, 0.1) is 11.7 Å². The van der Waals surface area contributed by atoms with Crippen LogP contribution in [0.1, 0.15) is 13.8 Å². The van der Waals surface area contributed by atoms with Crippen molar-refractivity contribution in [3.63, 3.8) is 0 Å². The quantitative estimate of drug-likeness (QED) is 0.651. The van der Waals surface area contributed by atoms with Crippen molar-refractivity contribution in [1.82, 2.24) is 9.55 Å². The third-order valence-corrected chi connectivity index (χ3v) is 2.36. The fourth-order valence-corrected chi connectivity index (χ4v) is 1.04. The van der Waals surface area contributed by atoms with Gasteiger partial charge < -0.3 is 4.57 Å². The first-order valence-electron chi connectivity index (χ1n) is 3.67. The highest BCUT2D eigenvalue weighted by Crippen LogP contribution is 2.13. The Kier molecular flexibility index (Phi) is 2.52. The van der Waals surface area contributed by atoms with Crippen LogP contribution in [0.2, 0.25) is 0 Å². The molecule has 4 heteroatoms. The Morgan fingerprint density at radius 1 is 1.67 bits per heavy atom. The third-order valence-electron chi connectivity index (χ3n) is 1.70. The van der Waals surface area contributed by atoms with E-state index in [1.54, 1.807) is 17.0 Å². The fraction of sp³-hybridized carbons (Fsp3) is 0.500. The number of hydrogen-bond donors (Lipinski definition) is 0. The van der Waals surface area contributed by atoms with Gasteiger partial charge in [-0.2, -0.15) is 0 Å². The van der Waals surface area contributed by atoms with Gasteiger partial charge in [-0.3, -0.25) is 9.78 Å². The molecule has 0 aliphatic heterocycles. The summed E-state index contributed by atoms with van der Waals surface area (Å²) < 4.78 is 1.58. The van der Waals surface area contributed by atoms with Gasteiger partial charge in [-0.25, -0.2) is 0 Å². The van der Waals surface area contributed by atoms with E-state index in [9.17, 15) is 4.79 Å². The van der Waals surface area contributed by atoms with Gasteiger partial charge >= 0.3 is 0 Å². The van der Waals surface area contributed by atoms with Gasteiger partial charge in [0.25, 0.3) is 5.56 Å². The smallest absolute Gasteiger partial charge is 0.269 e. The van der Waals surface area contributed by atoms with Crippen LogP contribution in [0.15, 0.2) is 23.4 Å². The lowest BCUT2D eigenvalue weighted by Crippen LogP contribution is -2.37. The molecule has 0 aliphatic carbocycles. The fourth-order valence-electron chi connectivity index (χ4n) is 0.912. The van der Waals surface area contributed by atoms with Crippen LogP contribution in [0.5, 0.6) is 0 Å². The van der Waals surface area contributed by atoms with Crippen LogP contribution >= 0.6 is 11.6 Å². The number of halogens is 1. The van der Waals surface area contributed by atoms with Crippen LogP contribution in [0.25, 0.3) is 0 Å². The molecular weight excluding hydrogens is 176 g/mol. The van der Waals surface area contributed by atoms with Crippen LogP contribution in [0.4, 0.5) is 0 Å². The molecule has 1 aromatic heterocycles. The lowest BCUT2D eigenvalue weighted by molar-refractivity contribution is 0.388. The molecule has 0 saturated carbocycles. The largest absolute Gasteiger partial charge is 0.306 e. The molecule has 12 heavy (non-hydrogen) atoms. The number of hydrogen-bond acceptors (Lipinski definition) is 2. The first-order valence-corrected chi connectivity index (χ1v) is 4.20. The molecule has 1 heterocycles. The van der Waals surface area contributed by atoms with E-state index < -0.39 is 0 Å². The average molecular weight is 187 g/mol. The number of aromatic nitrogens is 2. The summed E-state index contributed by atoms with van der Waals surface area (Å²) in [5.74, 6) is 0.400. The van der Waals surface area contributed by atoms with Gasteiger partial charge in [-0.1, -0.05) is 0 Å². The minimum Gasteiger partial charge on any atom is -0.306 e. The Labute approximate surface area is 76.0 Å². The predicted molar refractivity (Wildman–Crippen MR) is 48.5 cm³/mol. The normalized spacial score (nSPS) is 11.6. The minimum absolute atomic E-state index is 0.122. The zero-order valence-corrected chi connectivity index (χ0v) is 7.88. The van der Waals surface area contributed by atoms with Crippen molar-refractivity contribution in [1.29, 1.82) is 0 Å². The predicted octanol–water partition coefficient (Wildman–Crippen LogP) is 1.22. The second-order valence-electron chi connectivity index (χ2n) is 3.23. The Hall–Kier alpha value is -0.830. The summed E-state index contributed by atoms with van der Waals surface area (Å²) in [5, 5.41) is 0. The van der Waals surface area contributed by atoms with Crippen molar-refractivity contribution in [3.8, 4) is 0 Å². The van der Waals surface area contributed by atoms with E-state index in [1.807, 2.05) is 13.8 Å². The van der Waals surface area contributed by atoms with E-state index in [0.29, 0.717) is 5.88 Å². The summed E-state index contributed by atoms with van der Waals surface area (Å²) in [6, 6.07) is 0. The third kappa shape index (κ3) is 1.67. The van der Waals surface area contributed by atoms with Crippen molar-refractivity contribution in [3.05, 3.63) is 28.9 Å². The van der Waals surface area contributed by atoms with Crippen molar-refractivity contribution in [2.45, 2.75) is 19.4 Å². The van der Waals surface area contributed by atoms with Crippen molar-refractivity contribution >= 4 is 11.6 Å². The van der Waals surface area contributed by atoms with E-state index in [0.717, 1.165) is 0 Å². The molecule has 0 fully saturated rings. The van der Waals surface area contributed by atoms with E-state index in [-0.39, 0.29) is 11.1 Å². The molecule has 0 atom stereocenters. The molecule has 0 bridgehead atoms. The van der Waals surface area contributed by atoms with Gasteiger partial charge in [0.2, 0.25) is 0 Å². The van der Waals surface area contributed by atoms with Gasteiger partial charge in [-0.15, -0.1) is 11.6 Å². The summed E-state index contributed by atoms with van der Waals surface area (Å²) in [5.41, 5.74) is -0.468. The SMILES string of the molecule is CC(C)(CCl)n1ccncc1=O. The van der Waals surface area contributed by atoms with E-state index in [2.05, 4.69) is 4.98 Å². The molecule has 1 rings (SSSR count). The maximum Gasteiger partial charge on any atom is 0.269 e. The summed E-state index contributed by atoms with van der Waals surface area (Å²) >= 11 is 5.72. The van der Waals surface area contributed by atoms with Crippen LogP contribution in [-0.2, 0) is 5.54 Å². The van der Waals surface area contributed by atoms with Gasteiger partial charge in [0.1, 0.15) is 0 Å². The molecule has 0 radical (unpaired) electrons. The Balaban J connectivity index is 3.20. The molecule has 0 N–H and O–H groups in total. The second kappa shape index (κ2) is 3.27. The highest BCUT2D eigenvalue weighted by molar-refractivity contribution is 6.18. The molecule has 0 aromatic carbocycles. The maximum absolute atomic E-state index is 11.3. The van der Waals surface area contributed by atoms with Crippen LogP contribution in [-0.4, -0.2) is 15.4 Å². The highest BCUT2D eigenvalue weighted by Gasteiger charge is 2.18. The number of rotatable bonds is 2. The van der Waals surface area contributed by atoms with E-state index >= 15 is 0 Å². The van der Waals surface area contributed by atoms with Crippen LogP contribution < -0.4 is 5.56 Å². The first-order chi connectivity index (χ1) is 5.58. The molecule has 0 spiro atoms. The van der Waals surface area contributed by atoms with Crippen molar-refractivity contribution in [2.75, 3.05) is 5.88 Å². The van der Waals surface area contributed by atoms with Gasteiger partial charge in [0.15, 0.2) is 0 Å². The number of alkyl halides is 1. The summed E-state index contributed by atoms with van der Waals surface area (Å²) in [6.45, 7) is 3.81. The first kappa shape index (κ1) is 9.26. The van der Waals surface area contributed by atoms with Crippen LogP contribution in [0, 0.1) is 0 Å². The van der Waals surface area contributed by atoms with Gasteiger partial charge in [-0.05, 0) is 13.8 Å². The molecule has 0 aliphatic rings. The van der Waals surface area contributed by atoms with Crippen molar-refractivity contribution in [2.24, 2.45) is 0 Å². The molecule has 0 unspecified atom stereocenters. The summed E-state index contributed by atoms with van der Waals surface area (Å²) in [6.07, 6.45) is 4.51. The Bertz CT molecular complexity index is 319. The lowest BCUT2D eigenvalue weighted by atomic mass is 10.1. The Morgan fingerprint density at radius 2 is 2.33 bits per heavy atom. The number of nitrogens with zero attached hydrogens (tertiary/aromatic N) is 2. The lowest BCUT2D eigenvalue weighted by Gasteiger charge is -2.23. The summed E-state index contributed by atoms with van der Waals surface area (Å²) in [7, 11) is 0. The zero-order chi connectivity index (χ0) is 9.19. The van der Waals surface area contributed by atoms with Crippen LogP contribution in [0.3, 0.4) is 0 Å². The average Bonchev–Trinajstić information content (AvgIpc) is 2.05. The second-order valence-corrected chi connectivity index (χ2v) is 3.50. The molecule has 66 valence electrons. The standard InChI is InChI=1S/C8H11ClN2O/c1-8(2,6-9)11-4-3-10-5-7(11)12/h3-5H,6H2,1-2H3. The highest BCUT2D eigenvalue weighted by atomic mass is 35.5. The zero-order valence-electron chi connectivity index (χ0n) is 7.12. The molecule has 0 amide bonds. The van der Waals surface area contributed by atoms with Gasteiger partial charge in [0, 0.05) is 18.3 Å². The molecule has 0 saturated heterocycles. The molecule has 3 nitrogen and oxygen atoms in total. The minimum atomic E-state index is -0.346. The van der Waals surface area contributed by atoms with E-state index in [1.165, 1.54) is 6.20 Å². The maximum atomic E-state index is 11.3. The molecule has 1 aromatic rings. The Morgan fingerprint density at radius 3 is 2.83 bits per heavy atom. The van der Waals surface area contributed by atoms with Crippen molar-refractivity contribution < 1.29 is 0 Å². The van der Waals surface area contributed by atoms with E-state index in [4.69, 9.17) is 11.6 Å². The topological polar surface area (TPSA) is 34.9 Å². The monoisotopic (exact) mass is 186 g/mol. The molecular formula is C8H11ClN2O.